The number of hydrogen-bond donors (Lipinski definition) is 1. The second-order valence-electron chi connectivity index (χ2n) is 6.05. The molecule has 0 aliphatic carbocycles. The molecule has 0 amide bonds. The maximum Gasteiger partial charge on any atom is 0.250 e. The minimum absolute atomic E-state index is 0.222. The minimum atomic E-state index is -3.83. The number of allylic oxidation sites excluding steroid dienone is 1. The van der Waals surface area contributed by atoms with Gasteiger partial charge in [0, 0.05) is 40.0 Å². The van der Waals surface area contributed by atoms with E-state index in [9.17, 15) is 13.7 Å². The van der Waals surface area contributed by atoms with E-state index in [0.717, 1.165) is 16.5 Å². The van der Waals surface area contributed by atoms with Gasteiger partial charge in [0.25, 0.3) is 10.0 Å². The lowest BCUT2D eigenvalue weighted by Crippen LogP contribution is -2.26. The molecule has 2 aromatic carbocycles. The van der Waals surface area contributed by atoms with Gasteiger partial charge in [-0.15, -0.1) is 0 Å². The molecule has 6 nitrogen and oxygen atoms in total. The van der Waals surface area contributed by atoms with E-state index >= 15 is 0 Å². The van der Waals surface area contributed by atoms with Crippen molar-refractivity contribution in [2.24, 2.45) is 0 Å². The molecule has 0 saturated carbocycles. The fraction of sp³-hybridized carbons (Fsp3) is 0.316. The Labute approximate surface area is 154 Å². The molecule has 0 heterocycles. The highest BCUT2D eigenvalue weighted by Gasteiger charge is 2.16. The van der Waals surface area contributed by atoms with E-state index in [1.165, 1.54) is 6.08 Å². The molecule has 2 aromatic rings. The Morgan fingerprint density at radius 3 is 2.58 bits per heavy atom. The third-order valence-electron chi connectivity index (χ3n) is 3.88. The maximum absolute atomic E-state index is 12.3. The number of ether oxygens (including phenoxy) is 1. The summed E-state index contributed by atoms with van der Waals surface area (Å²) in [6.07, 6.45) is 1.93. The quantitative estimate of drug-likeness (QED) is 0.568. The fourth-order valence-corrected chi connectivity index (χ4v) is 3.42. The number of benzene rings is 2. The van der Waals surface area contributed by atoms with Crippen molar-refractivity contribution in [2.45, 2.75) is 6.42 Å². The van der Waals surface area contributed by atoms with E-state index in [1.54, 1.807) is 19.2 Å². The number of hydrogen-bond acceptors (Lipinski definition) is 5. The second kappa shape index (κ2) is 8.81. The van der Waals surface area contributed by atoms with Crippen LogP contribution in [-0.2, 0) is 14.8 Å². The minimum Gasteiger partial charge on any atom is -0.385 e. The van der Waals surface area contributed by atoms with Gasteiger partial charge in [-0.25, -0.2) is 13.1 Å². The van der Waals surface area contributed by atoms with Gasteiger partial charge in [-0.3, -0.25) is 0 Å². The fourth-order valence-electron chi connectivity index (χ4n) is 2.44. The van der Waals surface area contributed by atoms with Gasteiger partial charge in [0.15, 0.2) is 4.91 Å². The average Bonchev–Trinajstić information content (AvgIpc) is 2.62. The van der Waals surface area contributed by atoms with Crippen LogP contribution in [0, 0.1) is 11.3 Å². The summed E-state index contributed by atoms with van der Waals surface area (Å²) >= 11 is 0. The second-order valence-corrected chi connectivity index (χ2v) is 7.79. The molecule has 0 bridgehead atoms. The van der Waals surface area contributed by atoms with Crippen LogP contribution in [0.4, 0.5) is 5.69 Å². The van der Waals surface area contributed by atoms with Crippen LogP contribution in [0.1, 0.15) is 12.0 Å². The van der Waals surface area contributed by atoms with Gasteiger partial charge in [0.1, 0.15) is 6.07 Å². The topological polar surface area (TPSA) is 82.4 Å². The Hall–Kier alpha value is -2.40. The Balaban J connectivity index is 2.28. The highest BCUT2D eigenvalue weighted by molar-refractivity contribution is 7.93. The average molecular weight is 373 g/mol. The lowest BCUT2D eigenvalue weighted by Gasteiger charge is -2.13. The lowest BCUT2D eigenvalue weighted by molar-refractivity contribution is 0.196. The Bertz CT molecular complexity index is 944. The molecule has 0 aliphatic heterocycles. The van der Waals surface area contributed by atoms with Crippen molar-refractivity contribution < 1.29 is 13.2 Å². The van der Waals surface area contributed by atoms with Crippen LogP contribution in [0.25, 0.3) is 16.8 Å². The van der Waals surface area contributed by atoms with Crippen molar-refractivity contribution in [3.05, 3.63) is 46.9 Å². The molecule has 0 unspecified atom stereocenters. The molecule has 0 fully saturated rings. The van der Waals surface area contributed by atoms with Crippen LogP contribution in [0.15, 0.2) is 41.3 Å². The third kappa shape index (κ3) is 5.05. The molecular formula is C19H23N3O3S. The van der Waals surface area contributed by atoms with Crippen LogP contribution < -0.4 is 9.62 Å². The van der Waals surface area contributed by atoms with E-state index in [-0.39, 0.29) is 11.4 Å². The molecule has 2 rings (SSSR count). The highest BCUT2D eigenvalue weighted by atomic mass is 32.2. The predicted molar refractivity (Wildman–Crippen MR) is 105 cm³/mol. The first-order chi connectivity index (χ1) is 12.4. The lowest BCUT2D eigenvalue weighted by atomic mass is 10.1. The molecule has 138 valence electrons. The first-order valence-electron chi connectivity index (χ1n) is 8.19. The third-order valence-corrected chi connectivity index (χ3v) is 5.25. The van der Waals surface area contributed by atoms with Crippen molar-refractivity contribution in [1.29, 1.82) is 5.26 Å². The molecular weight excluding hydrogens is 350 g/mol. The van der Waals surface area contributed by atoms with Crippen LogP contribution in [0.3, 0.4) is 0 Å². The summed E-state index contributed by atoms with van der Waals surface area (Å²) in [5.74, 6) is 0. The molecule has 26 heavy (non-hydrogen) atoms. The maximum atomic E-state index is 12.3. The van der Waals surface area contributed by atoms with Crippen LogP contribution >= 0.6 is 0 Å². The zero-order chi connectivity index (χ0) is 19.2. The molecule has 0 atom stereocenters. The number of rotatable bonds is 8. The SMILES string of the molecule is COCCCNS(=O)(=O)/C(C#N)=C/c1ccc2cc(N(C)C)ccc2c1. The molecule has 0 aromatic heterocycles. The summed E-state index contributed by atoms with van der Waals surface area (Å²) in [5, 5.41) is 11.3. The van der Waals surface area contributed by atoms with Crippen molar-refractivity contribution in [3.63, 3.8) is 0 Å². The summed E-state index contributed by atoms with van der Waals surface area (Å²) in [6.45, 7) is 0.675. The van der Waals surface area contributed by atoms with Crippen molar-refractivity contribution in [2.75, 3.05) is 39.3 Å². The standard InChI is InChI=1S/C19H23N3O3S/c1-22(2)18-8-7-16-11-15(5-6-17(16)13-18)12-19(14-20)26(23,24)21-9-4-10-25-3/h5-8,11-13,21H,4,9-10H2,1-3H3/b19-12+. The Kier molecular flexibility index (Phi) is 6.75. The van der Waals surface area contributed by atoms with Crippen molar-refractivity contribution in [1.82, 2.24) is 4.72 Å². The Morgan fingerprint density at radius 1 is 1.23 bits per heavy atom. The normalized spacial score (nSPS) is 12.2. The van der Waals surface area contributed by atoms with Gasteiger partial charge in [-0.1, -0.05) is 18.2 Å². The van der Waals surface area contributed by atoms with Gasteiger partial charge in [0.05, 0.1) is 0 Å². The van der Waals surface area contributed by atoms with E-state index < -0.39 is 10.0 Å². The number of fused-ring (bicyclic) bond motifs is 1. The largest absolute Gasteiger partial charge is 0.385 e. The first-order valence-corrected chi connectivity index (χ1v) is 9.67. The number of methoxy groups -OCH3 is 1. The number of sulfonamides is 1. The molecule has 0 saturated heterocycles. The number of anilines is 1. The van der Waals surface area contributed by atoms with Gasteiger partial charge >= 0.3 is 0 Å². The van der Waals surface area contributed by atoms with E-state index in [4.69, 9.17) is 4.74 Å². The van der Waals surface area contributed by atoms with Gasteiger partial charge < -0.3 is 9.64 Å². The van der Waals surface area contributed by atoms with Gasteiger partial charge in [-0.2, -0.15) is 5.26 Å². The summed E-state index contributed by atoms with van der Waals surface area (Å²) in [5.41, 5.74) is 1.75. The number of nitrogens with one attached hydrogen (secondary N) is 1. The highest BCUT2D eigenvalue weighted by Crippen LogP contribution is 2.23. The van der Waals surface area contributed by atoms with Crippen molar-refractivity contribution >= 4 is 32.6 Å². The smallest absolute Gasteiger partial charge is 0.250 e. The van der Waals surface area contributed by atoms with E-state index in [1.807, 2.05) is 43.3 Å². The predicted octanol–water partition coefficient (Wildman–Crippen LogP) is 2.73. The summed E-state index contributed by atoms with van der Waals surface area (Å²) < 4.78 is 31.8. The number of nitriles is 1. The van der Waals surface area contributed by atoms with Crippen LogP contribution in [0.2, 0.25) is 0 Å². The monoisotopic (exact) mass is 373 g/mol. The summed E-state index contributed by atoms with van der Waals surface area (Å²) in [7, 11) is 1.67. The Morgan fingerprint density at radius 2 is 1.92 bits per heavy atom. The first kappa shape index (κ1) is 19.9. The molecule has 7 heteroatoms. The van der Waals surface area contributed by atoms with Gasteiger partial charge in [-0.05, 0) is 47.0 Å². The van der Waals surface area contributed by atoms with Crippen molar-refractivity contribution in [3.8, 4) is 6.07 Å². The van der Waals surface area contributed by atoms with Crippen LogP contribution in [-0.4, -0.2) is 42.8 Å². The van der Waals surface area contributed by atoms with Crippen LogP contribution in [0.5, 0.6) is 0 Å². The molecule has 1 N–H and O–H groups in total. The van der Waals surface area contributed by atoms with E-state index in [0.29, 0.717) is 18.6 Å². The zero-order valence-electron chi connectivity index (χ0n) is 15.2. The zero-order valence-corrected chi connectivity index (χ0v) is 16.0. The molecule has 0 spiro atoms. The van der Waals surface area contributed by atoms with Gasteiger partial charge in [0.2, 0.25) is 0 Å². The molecule has 0 aliphatic rings. The molecule has 0 radical (unpaired) electrons. The summed E-state index contributed by atoms with van der Waals surface area (Å²) in [6, 6.07) is 13.4. The number of nitrogens with zero attached hydrogens (tertiary/aromatic N) is 2. The summed E-state index contributed by atoms with van der Waals surface area (Å²) in [4.78, 5) is 1.71. The van der Waals surface area contributed by atoms with E-state index in [2.05, 4.69) is 10.8 Å².